The van der Waals surface area contributed by atoms with E-state index in [9.17, 15) is 0 Å². The molecule has 0 saturated carbocycles. The second kappa shape index (κ2) is 5.26. The SMILES string of the molecule is Cc1ccsc1C#CCCN=[N+]=[N-]. The average Bonchev–Trinajstić information content (AvgIpc) is 2.52. The molecule has 0 atom stereocenters. The third-order valence-electron chi connectivity index (χ3n) is 1.46. The van der Waals surface area contributed by atoms with Crippen LogP contribution in [0, 0.1) is 18.8 Å². The first-order valence-corrected chi connectivity index (χ1v) is 4.76. The Balaban J connectivity index is 2.48. The van der Waals surface area contributed by atoms with E-state index in [0.29, 0.717) is 13.0 Å². The first-order chi connectivity index (χ1) is 6.34. The van der Waals surface area contributed by atoms with E-state index in [1.54, 1.807) is 11.3 Å². The van der Waals surface area contributed by atoms with E-state index >= 15 is 0 Å². The molecule has 0 saturated heterocycles. The smallest absolute Gasteiger partial charge is 0.0797 e. The fraction of sp³-hybridized carbons (Fsp3) is 0.333. The second-order valence-corrected chi connectivity index (χ2v) is 3.36. The van der Waals surface area contributed by atoms with Crippen LogP contribution in [-0.2, 0) is 0 Å². The number of azide groups is 1. The Kier molecular flexibility index (Phi) is 3.90. The molecule has 0 spiro atoms. The maximum atomic E-state index is 8.01. The van der Waals surface area contributed by atoms with Crippen LogP contribution < -0.4 is 0 Å². The third kappa shape index (κ3) is 3.20. The minimum absolute atomic E-state index is 0.452. The average molecular weight is 191 g/mol. The highest BCUT2D eigenvalue weighted by molar-refractivity contribution is 7.10. The van der Waals surface area contributed by atoms with Crippen LogP contribution in [0.4, 0.5) is 0 Å². The molecule has 0 radical (unpaired) electrons. The molecule has 0 aromatic carbocycles. The van der Waals surface area contributed by atoms with Gasteiger partial charge in [0.2, 0.25) is 0 Å². The Labute approximate surface area is 81.0 Å². The summed E-state index contributed by atoms with van der Waals surface area (Å²) in [7, 11) is 0. The second-order valence-electron chi connectivity index (χ2n) is 2.44. The Hall–Kier alpha value is -1.43. The zero-order chi connectivity index (χ0) is 9.52. The van der Waals surface area contributed by atoms with E-state index < -0.39 is 0 Å². The molecule has 0 fully saturated rings. The summed E-state index contributed by atoms with van der Waals surface area (Å²) in [6, 6.07) is 2.04. The van der Waals surface area contributed by atoms with Gasteiger partial charge in [0, 0.05) is 17.9 Å². The van der Waals surface area contributed by atoms with Gasteiger partial charge in [-0.3, -0.25) is 0 Å². The van der Waals surface area contributed by atoms with Crippen LogP contribution in [0.1, 0.15) is 16.9 Å². The van der Waals surface area contributed by atoms with Crippen LogP contribution in [-0.4, -0.2) is 6.54 Å². The van der Waals surface area contributed by atoms with Crippen LogP contribution in [0.25, 0.3) is 10.4 Å². The fourth-order valence-corrected chi connectivity index (χ4v) is 1.59. The molecule has 0 amide bonds. The summed E-state index contributed by atoms with van der Waals surface area (Å²) in [5.74, 6) is 6.00. The molecule has 0 bridgehead atoms. The first-order valence-electron chi connectivity index (χ1n) is 3.88. The molecule has 1 rings (SSSR count). The highest BCUT2D eigenvalue weighted by atomic mass is 32.1. The van der Waals surface area contributed by atoms with Crippen molar-refractivity contribution in [2.45, 2.75) is 13.3 Å². The largest absolute Gasteiger partial charge is 0.135 e. The van der Waals surface area contributed by atoms with Gasteiger partial charge < -0.3 is 0 Å². The van der Waals surface area contributed by atoms with Gasteiger partial charge in [-0.2, -0.15) is 0 Å². The maximum absolute atomic E-state index is 8.01. The van der Waals surface area contributed by atoms with Gasteiger partial charge in [0.1, 0.15) is 0 Å². The van der Waals surface area contributed by atoms with E-state index in [-0.39, 0.29) is 0 Å². The molecule has 1 aromatic heterocycles. The molecule has 0 aliphatic heterocycles. The molecule has 0 unspecified atom stereocenters. The molecular weight excluding hydrogens is 182 g/mol. The van der Waals surface area contributed by atoms with Gasteiger partial charge in [0.05, 0.1) is 4.88 Å². The van der Waals surface area contributed by atoms with Crippen molar-refractivity contribution in [1.82, 2.24) is 0 Å². The normalized spacial score (nSPS) is 8.38. The van der Waals surface area contributed by atoms with Crippen molar-refractivity contribution < 1.29 is 0 Å². The summed E-state index contributed by atoms with van der Waals surface area (Å²) in [6.07, 6.45) is 0.626. The number of rotatable bonds is 2. The van der Waals surface area contributed by atoms with E-state index in [1.807, 2.05) is 18.4 Å². The van der Waals surface area contributed by atoms with Crippen LogP contribution in [0.5, 0.6) is 0 Å². The van der Waals surface area contributed by atoms with E-state index in [2.05, 4.69) is 21.9 Å². The zero-order valence-corrected chi connectivity index (χ0v) is 8.14. The summed E-state index contributed by atoms with van der Waals surface area (Å²) in [5.41, 5.74) is 9.22. The Morgan fingerprint density at radius 3 is 3.15 bits per heavy atom. The standard InChI is InChI=1S/C9H9N3S/c1-8-5-7-13-9(8)4-2-3-6-11-12-10/h5,7H,3,6H2,1H3. The van der Waals surface area contributed by atoms with E-state index in [0.717, 1.165) is 4.88 Å². The lowest BCUT2D eigenvalue weighted by molar-refractivity contribution is 1.02. The summed E-state index contributed by atoms with van der Waals surface area (Å²) >= 11 is 1.64. The Morgan fingerprint density at radius 1 is 1.69 bits per heavy atom. The lowest BCUT2D eigenvalue weighted by atomic mass is 10.3. The van der Waals surface area contributed by atoms with Crippen molar-refractivity contribution in [2.75, 3.05) is 6.54 Å². The van der Waals surface area contributed by atoms with Crippen molar-refractivity contribution in [2.24, 2.45) is 5.11 Å². The molecule has 1 heterocycles. The first kappa shape index (κ1) is 9.66. The Morgan fingerprint density at radius 2 is 2.54 bits per heavy atom. The minimum Gasteiger partial charge on any atom is -0.135 e. The van der Waals surface area contributed by atoms with Crippen molar-refractivity contribution >= 4 is 11.3 Å². The van der Waals surface area contributed by atoms with Gasteiger partial charge in [-0.05, 0) is 29.5 Å². The molecular formula is C9H9N3S. The predicted octanol–water partition coefficient (Wildman–Crippen LogP) is 3.11. The molecule has 3 nitrogen and oxygen atoms in total. The quantitative estimate of drug-likeness (QED) is 0.227. The third-order valence-corrected chi connectivity index (χ3v) is 2.40. The van der Waals surface area contributed by atoms with Crippen LogP contribution in [0.3, 0.4) is 0 Å². The molecule has 4 heteroatoms. The van der Waals surface area contributed by atoms with Crippen LogP contribution >= 0.6 is 11.3 Å². The number of hydrogen-bond donors (Lipinski definition) is 0. The van der Waals surface area contributed by atoms with E-state index in [4.69, 9.17) is 5.53 Å². The topological polar surface area (TPSA) is 48.8 Å². The molecule has 13 heavy (non-hydrogen) atoms. The highest BCUT2D eigenvalue weighted by Crippen LogP contribution is 2.13. The Bertz CT molecular complexity index is 377. The molecule has 1 aromatic rings. The van der Waals surface area contributed by atoms with Crippen molar-refractivity contribution in [3.8, 4) is 11.8 Å². The van der Waals surface area contributed by atoms with Gasteiger partial charge >= 0.3 is 0 Å². The summed E-state index contributed by atoms with van der Waals surface area (Å²) in [4.78, 5) is 3.75. The monoisotopic (exact) mass is 191 g/mol. The lowest BCUT2D eigenvalue weighted by Gasteiger charge is -1.83. The maximum Gasteiger partial charge on any atom is 0.0797 e. The van der Waals surface area contributed by atoms with Gasteiger partial charge in [-0.15, -0.1) is 11.3 Å². The number of nitrogens with zero attached hydrogens (tertiary/aromatic N) is 3. The van der Waals surface area contributed by atoms with Gasteiger partial charge in [0.25, 0.3) is 0 Å². The van der Waals surface area contributed by atoms with Gasteiger partial charge in [-0.1, -0.05) is 17.0 Å². The number of thiophene rings is 1. The van der Waals surface area contributed by atoms with Crippen molar-refractivity contribution in [3.63, 3.8) is 0 Å². The highest BCUT2D eigenvalue weighted by Gasteiger charge is 1.92. The van der Waals surface area contributed by atoms with Gasteiger partial charge in [-0.25, -0.2) is 0 Å². The lowest BCUT2D eigenvalue weighted by Crippen LogP contribution is -1.74. The minimum atomic E-state index is 0.452. The fourth-order valence-electron chi connectivity index (χ4n) is 0.794. The molecule has 0 aliphatic carbocycles. The molecule has 0 aliphatic rings. The number of aryl methyl sites for hydroxylation is 1. The summed E-state index contributed by atoms with van der Waals surface area (Å²) < 4.78 is 0. The molecule has 0 N–H and O–H groups in total. The summed E-state index contributed by atoms with van der Waals surface area (Å²) in [6.45, 7) is 2.49. The van der Waals surface area contributed by atoms with Crippen molar-refractivity contribution in [1.29, 1.82) is 0 Å². The number of hydrogen-bond acceptors (Lipinski definition) is 2. The summed E-state index contributed by atoms with van der Waals surface area (Å²) in [5, 5.41) is 5.42. The van der Waals surface area contributed by atoms with Crippen molar-refractivity contribution in [3.05, 3.63) is 32.3 Å². The van der Waals surface area contributed by atoms with Gasteiger partial charge in [0.15, 0.2) is 0 Å². The van der Waals surface area contributed by atoms with E-state index in [1.165, 1.54) is 5.56 Å². The molecule has 66 valence electrons. The predicted molar refractivity (Wildman–Crippen MR) is 54.6 cm³/mol. The zero-order valence-electron chi connectivity index (χ0n) is 7.32. The van der Waals surface area contributed by atoms with Crippen LogP contribution in [0.15, 0.2) is 16.6 Å². The van der Waals surface area contributed by atoms with Crippen LogP contribution in [0.2, 0.25) is 0 Å².